The molecule has 2 N–H and O–H groups in total. The fraction of sp³-hybridized carbons (Fsp3) is 0.560. The number of likely N-dealkylation sites (tertiary alicyclic amines) is 1. The van der Waals surface area contributed by atoms with Crippen LogP contribution in [0.1, 0.15) is 42.3 Å². The number of amides is 3. The second-order valence-corrected chi connectivity index (χ2v) is 10.0. The van der Waals surface area contributed by atoms with Gasteiger partial charge in [0.2, 0.25) is 0 Å². The lowest BCUT2D eigenvalue weighted by Gasteiger charge is -2.40. The third-order valence-electron chi connectivity index (χ3n) is 7.12. The molecule has 2 aliphatic heterocycles. The van der Waals surface area contributed by atoms with Gasteiger partial charge in [-0.05, 0) is 62.9 Å². The van der Waals surface area contributed by atoms with Gasteiger partial charge in [-0.1, -0.05) is 19.1 Å². The number of carbonyl (C=O) groups is 2. The first-order chi connectivity index (χ1) is 16.5. The first-order valence-corrected chi connectivity index (χ1v) is 12.9. The van der Waals surface area contributed by atoms with Crippen molar-refractivity contribution in [2.45, 2.75) is 51.6 Å². The fourth-order valence-electron chi connectivity index (χ4n) is 5.17. The van der Waals surface area contributed by atoms with Gasteiger partial charge in [-0.15, -0.1) is 11.3 Å². The largest absolute Gasteiger partial charge is 0.491 e. The Balaban J connectivity index is 1.35. The molecule has 2 aromatic rings. The van der Waals surface area contributed by atoms with Crippen LogP contribution in [-0.4, -0.2) is 70.2 Å². The maximum atomic E-state index is 13.5. The molecule has 3 amide bonds. The van der Waals surface area contributed by atoms with Crippen molar-refractivity contribution in [3.8, 4) is 5.75 Å². The summed E-state index contributed by atoms with van der Waals surface area (Å²) in [6, 6.07) is 7.69. The Morgan fingerprint density at radius 2 is 2.09 bits per heavy atom. The predicted molar refractivity (Wildman–Crippen MR) is 131 cm³/mol. The number of ether oxygens (including phenoxy) is 1. The van der Waals surface area contributed by atoms with Crippen LogP contribution in [0, 0.1) is 12.8 Å². The monoisotopic (exact) mass is 486 g/mol. The van der Waals surface area contributed by atoms with E-state index in [4.69, 9.17) is 9.84 Å². The Morgan fingerprint density at radius 1 is 1.29 bits per heavy atom. The molecule has 9 heteroatoms. The number of piperidine rings is 1. The zero-order valence-corrected chi connectivity index (χ0v) is 20.8. The van der Waals surface area contributed by atoms with Crippen LogP contribution in [-0.2, 0) is 17.8 Å². The van der Waals surface area contributed by atoms with E-state index in [-0.39, 0.29) is 31.1 Å². The van der Waals surface area contributed by atoms with Crippen LogP contribution in [0.4, 0.5) is 4.79 Å². The molecule has 2 aliphatic rings. The molecule has 0 spiro atoms. The molecule has 8 nitrogen and oxygen atoms in total. The summed E-state index contributed by atoms with van der Waals surface area (Å²) in [7, 11) is 0. The van der Waals surface area contributed by atoms with E-state index >= 15 is 0 Å². The van der Waals surface area contributed by atoms with Crippen molar-refractivity contribution in [3.05, 3.63) is 45.9 Å². The Bertz CT molecular complexity index is 1000. The lowest BCUT2D eigenvalue weighted by Crippen LogP contribution is -2.55. The van der Waals surface area contributed by atoms with Crippen LogP contribution >= 0.6 is 11.3 Å². The van der Waals surface area contributed by atoms with E-state index in [1.54, 1.807) is 16.8 Å². The molecule has 34 heavy (non-hydrogen) atoms. The van der Waals surface area contributed by atoms with Crippen molar-refractivity contribution in [3.63, 3.8) is 0 Å². The summed E-state index contributed by atoms with van der Waals surface area (Å²) in [5, 5.41) is 12.1. The Labute approximate surface area is 204 Å². The smallest absolute Gasteiger partial charge is 0.325 e. The Hall–Kier alpha value is -2.49. The van der Waals surface area contributed by atoms with Crippen molar-refractivity contribution in [2.24, 2.45) is 5.92 Å². The lowest BCUT2D eigenvalue weighted by molar-refractivity contribution is -0.134. The Kier molecular flexibility index (Phi) is 7.85. The number of aliphatic hydroxyl groups is 1. The SMILES string of the molecule is CC[C@@]1(C2CCN(Cc3cccc(OCCO)c3)CC2)NC(=O)N(CCc2scnc2C)C1=O. The van der Waals surface area contributed by atoms with Crippen LogP contribution in [0.3, 0.4) is 0 Å². The highest BCUT2D eigenvalue weighted by Gasteiger charge is 2.54. The summed E-state index contributed by atoms with van der Waals surface area (Å²) < 4.78 is 5.53. The molecule has 4 rings (SSSR count). The summed E-state index contributed by atoms with van der Waals surface area (Å²) in [4.78, 5) is 35.5. The molecule has 3 heterocycles. The van der Waals surface area contributed by atoms with Crippen molar-refractivity contribution >= 4 is 23.3 Å². The van der Waals surface area contributed by atoms with E-state index in [1.807, 2.05) is 32.0 Å². The molecule has 184 valence electrons. The summed E-state index contributed by atoms with van der Waals surface area (Å²) in [5.41, 5.74) is 3.13. The first kappa shape index (κ1) is 24.6. The molecule has 2 saturated heterocycles. The van der Waals surface area contributed by atoms with Gasteiger partial charge in [0.1, 0.15) is 17.9 Å². The van der Waals surface area contributed by atoms with Gasteiger partial charge in [-0.3, -0.25) is 14.6 Å². The van der Waals surface area contributed by atoms with E-state index in [9.17, 15) is 9.59 Å². The van der Waals surface area contributed by atoms with Crippen LogP contribution in [0.2, 0.25) is 0 Å². The molecule has 1 atom stereocenters. The van der Waals surface area contributed by atoms with Gasteiger partial charge in [0, 0.05) is 24.4 Å². The van der Waals surface area contributed by atoms with Crippen LogP contribution < -0.4 is 10.1 Å². The second kappa shape index (κ2) is 10.8. The molecular formula is C25H34N4O4S. The quantitative estimate of drug-likeness (QED) is 0.502. The number of hydrogen-bond acceptors (Lipinski definition) is 7. The third kappa shape index (κ3) is 5.11. The van der Waals surface area contributed by atoms with Gasteiger partial charge in [0.15, 0.2) is 0 Å². The Morgan fingerprint density at radius 3 is 2.76 bits per heavy atom. The van der Waals surface area contributed by atoms with Gasteiger partial charge >= 0.3 is 6.03 Å². The topological polar surface area (TPSA) is 95.0 Å². The molecule has 0 bridgehead atoms. The highest BCUT2D eigenvalue weighted by Crippen LogP contribution is 2.36. The molecule has 0 radical (unpaired) electrons. The van der Waals surface area contributed by atoms with E-state index in [0.717, 1.165) is 54.4 Å². The molecule has 1 aromatic heterocycles. The average Bonchev–Trinajstić information content (AvgIpc) is 3.37. The first-order valence-electron chi connectivity index (χ1n) is 12.0. The number of benzene rings is 1. The molecule has 2 fully saturated rings. The van der Waals surface area contributed by atoms with Crippen LogP contribution in [0.25, 0.3) is 0 Å². The van der Waals surface area contributed by atoms with Crippen LogP contribution in [0.5, 0.6) is 5.75 Å². The minimum absolute atomic E-state index is 0.00547. The van der Waals surface area contributed by atoms with E-state index in [2.05, 4.69) is 21.3 Å². The summed E-state index contributed by atoms with van der Waals surface area (Å²) in [6.45, 7) is 7.18. The standard InChI is InChI=1S/C25H34N4O4S/c1-3-25(23(31)29(24(32)27-25)12-9-22-18(2)26-17-34-22)20-7-10-28(11-8-20)16-19-5-4-6-21(15-19)33-14-13-30/h4-6,15,17,20,30H,3,7-14,16H2,1-2H3,(H,27,32)/t25-/m0/s1. The van der Waals surface area contributed by atoms with Crippen LogP contribution in [0.15, 0.2) is 29.8 Å². The van der Waals surface area contributed by atoms with Gasteiger partial charge in [0.05, 0.1) is 17.8 Å². The number of aryl methyl sites for hydroxylation is 1. The minimum atomic E-state index is -0.802. The van der Waals surface area contributed by atoms with Gasteiger partial charge in [-0.25, -0.2) is 9.78 Å². The molecule has 0 aliphatic carbocycles. The number of thiazole rings is 1. The zero-order chi connectivity index (χ0) is 24.1. The molecule has 1 aromatic carbocycles. The zero-order valence-electron chi connectivity index (χ0n) is 20.0. The summed E-state index contributed by atoms with van der Waals surface area (Å²) >= 11 is 1.57. The maximum absolute atomic E-state index is 13.5. The highest BCUT2D eigenvalue weighted by molar-refractivity contribution is 7.09. The predicted octanol–water partition coefficient (Wildman–Crippen LogP) is 2.98. The van der Waals surface area contributed by atoms with Crippen molar-refractivity contribution in [1.82, 2.24) is 20.1 Å². The van der Waals surface area contributed by atoms with Gasteiger partial charge in [0.25, 0.3) is 5.91 Å². The minimum Gasteiger partial charge on any atom is -0.491 e. The lowest BCUT2D eigenvalue weighted by atomic mass is 9.75. The highest BCUT2D eigenvalue weighted by atomic mass is 32.1. The van der Waals surface area contributed by atoms with E-state index in [0.29, 0.717) is 19.4 Å². The number of nitrogens with one attached hydrogen (secondary N) is 1. The molecule has 0 unspecified atom stereocenters. The van der Waals surface area contributed by atoms with Crippen molar-refractivity contribution in [1.29, 1.82) is 0 Å². The number of rotatable bonds is 10. The van der Waals surface area contributed by atoms with Crippen molar-refractivity contribution < 1.29 is 19.4 Å². The third-order valence-corrected chi connectivity index (χ3v) is 8.11. The number of aliphatic hydroxyl groups excluding tert-OH is 1. The number of nitrogens with zero attached hydrogens (tertiary/aromatic N) is 3. The summed E-state index contributed by atoms with van der Waals surface area (Å²) in [6.07, 6.45) is 2.97. The number of urea groups is 1. The average molecular weight is 487 g/mol. The second-order valence-electron chi connectivity index (χ2n) is 9.09. The number of hydrogen-bond donors (Lipinski definition) is 2. The molecule has 0 saturated carbocycles. The number of imide groups is 1. The normalized spacial score (nSPS) is 21.8. The van der Waals surface area contributed by atoms with E-state index in [1.165, 1.54) is 4.90 Å². The number of aromatic nitrogens is 1. The van der Waals surface area contributed by atoms with Crippen molar-refractivity contribution in [2.75, 3.05) is 32.8 Å². The van der Waals surface area contributed by atoms with E-state index < -0.39 is 5.54 Å². The summed E-state index contributed by atoms with van der Waals surface area (Å²) in [5.74, 6) is 0.813. The molecular weight excluding hydrogens is 452 g/mol. The maximum Gasteiger partial charge on any atom is 0.325 e. The number of carbonyl (C=O) groups excluding carboxylic acids is 2. The fourth-order valence-corrected chi connectivity index (χ4v) is 5.94. The van der Waals surface area contributed by atoms with Gasteiger partial charge < -0.3 is 15.2 Å². The van der Waals surface area contributed by atoms with Gasteiger partial charge in [-0.2, -0.15) is 0 Å².